The molecule has 1 aromatic carbocycles. The minimum Gasteiger partial charge on any atom is -0.492 e. The van der Waals surface area contributed by atoms with Gasteiger partial charge in [0.25, 0.3) is 11.2 Å². The zero-order chi connectivity index (χ0) is 20.0. The third-order valence-corrected chi connectivity index (χ3v) is 4.61. The fraction of sp³-hybridized carbons (Fsp3) is 0.550. The van der Waals surface area contributed by atoms with Gasteiger partial charge in [-0.15, -0.1) is 0 Å². The fourth-order valence-electron chi connectivity index (χ4n) is 3.17. The normalized spacial score (nSPS) is 12.1. The predicted octanol–water partition coefficient (Wildman–Crippen LogP) is 4.53. The summed E-state index contributed by atoms with van der Waals surface area (Å²) in [6.45, 7) is 7.11. The summed E-state index contributed by atoms with van der Waals surface area (Å²) < 4.78 is 12.9. The second-order valence-corrected chi connectivity index (χ2v) is 6.84. The van der Waals surface area contributed by atoms with Crippen molar-refractivity contribution >= 4 is 16.6 Å². The number of benzene rings is 1. The van der Waals surface area contributed by atoms with E-state index >= 15 is 0 Å². The van der Waals surface area contributed by atoms with E-state index in [9.17, 15) is 14.9 Å². The number of aromatic nitrogens is 1. The molecule has 7 nitrogen and oxygen atoms in total. The van der Waals surface area contributed by atoms with Gasteiger partial charge in [-0.1, -0.05) is 33.6 Å². The van der Waals surface area contributed by atoms with Crippen LogP contribution in [0.4, 0.5) is 5.69 Å². The average molecular weight is 376 g/mol. The maximum atomic E-state index is 13.1. The zero-order valence-corrected chi connectivity index (χ0v) is 16.5. The first-order valence-corrected chi connectivity index (χ1v) is 9.46. The van der Waals surface area contributed by atoms with Crippen molar-refractivity contribution in [2.45, 2.75) is 53.0 Å². The molecule has 1 atom stereocenters. The van der Waals surface area contributed by atoms with Gasteiger partial charge in [-0.25, -0.2) is 0 Å². The molecule has 0 aliphatic carbocycles. The van der Waals surface area contributed by atoms with Gasteiger partial charge in [0.05, 0.1) is 24.2 Å². The molecule has 2 rings (SSSR count). The molecule has 0 saturated carbocycles. The van der Waals surface area contributed by atoms with Crippen LogP contribution < -0.4 is 15.0 Å². The number of unbranched alkanes of at least 4 members (excludes halogenated alkanes) is 1. The van der Waals surface area contributed by atoms with Crippen molar-refractivity contribution in [3.8, 4) is 11.5 Å². The van der Waals surface area contributed by atoms with Crippen molar-refractivity contribution in [3.63, 3.8) is 0 Å². The first-order chi connectivity index (χ1) is 12.9. The Bertz CT molecular complexity index is 860. The molecule has 7 heteroatoms. The summed E-state index contributed by atoms with van der Waals surface area (Å²) in [6.07, 6.45) is 3.74. The van der Waals surface area contributed by atoms with Gasteiger partial charge in [0.2, 0.25) is 5.75 Å². The van der Waals surface area contributed by atoms with E-state index in [2.05, 4.69) is 13.8 Å². The van der Waals surface area contributed by atoms with E-state index in [4.69, 9.17) is 9.47 Å². The molecular weight excluding hydrogens is 348 g/mol. The largest absolute Gasteiger partial charge is 0.492 e. The first kappa shape index (κ1) is 20.7. The number of aryl methyl sites for hydroxylation is 1. The fourth-order valence-corrected chi connectivity index (χ4v) is 3.17. The molecule has 27 heavy (non-hydrogen) atoms. The highest BCUT2D eigenvalue weighted by Crippen LogP contribution is 2.34. The van der Waals surface area contributed by atoms with E-state index in [1.165, 1.54) is 19.2 Å². The van der Waals surface area contributed by atoms with E-state index in [1.54, 1.807) is 10.6 Å². The van der Waals surface area contributed by atoms with Crippen LogP contribution in [-0.4, -0.2) is 23.2 Å². The number of hydrogen-bond acceptors (Lipinski definition) is 5. The Morgan fingerprint density at radius 1 is 1.22 bits per heavy atom. The first-order valence-electron chi connectivity index (χ1n) is 9.46. The van der Waals surface area contributed by atoms with Crippen LogP contribution in [0.2, 0.25) is 0 Å². The molecule has 0 N–H and O–H groups in total. The van der Waals surface area contributed by atoms with Gasteiger partial charge < -0.3 is 14.0 Å². The number of hydrogen-bond donors (Lipinski definition) is 0. The summed E-state index contributed by atoms with van der Waals surface area (Å²) in [5, 5.41) is 11.8. The van der Waals surface area contributed by atoms with Crippen molar-refractivity contribution in [1.82, 2.24) is 4.57 Å². The van der Waals surface area contributed by atoms with Gasteiger partial charge in [0, 0.05) is 24.1 Å². The van der Waals surface area contributed by atoms with Gasteiger partial charge in [0.15, 0.2) is 5.75 Å². The number of ether oxygens (including phenoxy) is 2. The number of nitro benzene ring substituents is 1. The molecule has 0 aliphatic rings. The van der Waals surface area contributed by atoms with Crippen LogP contribution >= 0.6 is 0 Å². The van der Waals surface area contributed by atoms with Crippen LogP contribution in [0.15, 0.2) is 23.0 Å². The number of nitrogens with zero attached hydrogens (tertiary/aromatic N) is 2. The summed E-state index contributed by atoms with van der Waals surface area (Å²) >= 11 is 0. The van der Waals surface area contributed by atoms with Gasteiger partial charge in [0.1, 0.15) is 0 Å². The number of rotatable bonds is 10. The highest BCUT2D eigenvalue weighted by Gasteiger charge is 2.21. The SMILES string of the molecule is CCCCn1c(=O)c(OCC(C)CCC)c(OC)c2ccc([N+](=O)[O-])cc21. The zero-order valence-electron chi connectivity index (χ0n) is 16.5. The number of methoxy groups -OCH3 is 1. The molecule has 148 valence electrons. The summed E-state index contributed by atoms with van der Waals surface area (Å²) in [5.41, 5.74) is 0.130. The Morgan fingerprint density at radius 3 is 2.56 bits per heavy atom. The Balaban J connectivity index is 2.64. The summed E-state index contributed by atoms with van der Waals surface area (Å²) in [5.74, 6) is 0.829. The number of pyridine rings is 1. The van der Waals surface area contributed by atoms with Crippen LogP contribution in [0.1, 0.15) is 46.5 Å². The van der Waals surface area contributed by atoms with E-state index in [-0.39, 0.29) is 17.0 Å². The van der Waals surface area contributed by atoms with Crippen LogP contribution in [0.25, 0.3) is 10.9 Å². The lowest BCUT2D eigenvalue weighted by atomic mass is 10.1. The molecule has 0 radical (unpaired) electrons. The average Bonchev–Trinajstić information content (AvgIpc) is 2.65. The summed E-state index contributed by atoms with van der Waals surface area (Å²) in [6, 6.07) is 4.47. The van der Waals surface area contributed by atoms with Crippen LogP contribution in [0.5, 0.6) is 11.5 Å². The minimum absolute atomic E-state index is 0.0561. The molecule has 1 heterocycles. The quantitative estimate of drug-likeness (QED) is 0.449. The van der Waals surface area contributed by atoms with Gasteiger partial charge in [-0.2, -0.15) is 0 Å². The van der Waals surface area contributed by atoms with E-state index in [1.807, 2.05) is 6.92 Å². The predicted molar refractivity (Wildman–Crippen MR) is 106 cm³/mol. The standard InChI is InChI=1S/C20H28N2O5/c1-5-7-11-21-17-12-15(22(24)25)9-10-16(17)18(26-4)19(20(21)23)27-13-14(3)8-6-2/h9-10,12,14H,5-8,11,13H2,1-4H3. The van der Waals surface area contributed by atoms with Crippen LogP contribution in [-0.2, 0) is 6.54 Å². The van der Waals surface area contributed by atoms with Gasteiger partial charge in [-0.05, 0) is 24.8 Å². The second kappa shape index (κ2) is 9.39. The molecule has 0 fully saturated rings. The molecule has 0 saturated heterocycles. The number of non-ortho nitro benzene ring substituents is 1. The van der Waals surface area contributed by atoms with Crippen molar-refractivity contribution in [1.29, 1.82) is 0 Å². The molecule has 0 spiro atoms. The van der Waals surface area contributed by atoms with Gasteiger partial charge >= 0.3 is 0 Å². The highest BCUT2D eigenvalue weighted by atomic mass is 16.6. The van der Waals surface area contributed by atoms with Crippen molar-refractivity contribution in [3.05, 3.63) is 38.7 Å². The lowest BCUT2D eigenvalue weighted by molar-refractivity contribution is -0.384. The molecular formula is C20H28N2O5. The Morgan fingerprint density at radius 2 is 1.96 bits per heavy atom. The highest BCUT2D eigenvalue weighted by molar-refractivity contribution is 5.89. The Kier molecular flexibility index (Phi) is 7.21. The maximum absolute atomic E-state index is 13.1. The smallest absolute Gasteiger partial charge is 0.297 e. The third-order valence-electron chi connectivity index (χ3n) is 4.61. The van der Waals surface area contributed by atoms with Crippen LogP contribution in [0, 0.1) is 16.0 Å². The van der Waals surface area contributed by atoms with E-state index < -0.39 is 4.92 Å². The maximum Gasteiger partial charge on any atom is 0.297 e. The van der Waals surface area contributed by atoms with E-state index in [0.29, 0.717) is 35.7 Å². The summed E-state index contributed by atoms with van der Waals surface area (Å²) in [4.78, 5) is 23.8. The lowest BCUT2D eigenvalue weighted by Crippen LogP contribution is -2.25. The third kappa shape index (κ3) is 4.59. The number of nitro groups is 1. The van der Waals surface area contributed by atoms with Crippen molar-refractivity contribution in [2.75, 3.05) is 13.7 Å². The Labute approximate surface area is 159 Å². The van der Waals surface area contributed by atoms with Crippen molar-refractivity contribution < 1.29 is 14.4 Å². The molecule has 0 bridgehead atoms. The molecule has 1 unspecified atom stereocenters. The monoisotopic (exact) mass is 376 g/mol. The topological polar surface area (TPSA) is 83.6 Å². The molecule has 0 aliphatic heterocycles. The lowest BCUT2D eigenvalue weighted by Gasteiger charge is -2.18. The minimum atomic E-state index is -0.461. The van der Waals surface area contributed by atoms with Crippen molar-refractivity contribution in [2.24, 2.45) is 5.92 Å². The number of fused-ring (bicyclic) bond motifs is 1. The Hall–Kier alpha value is -2.57. The summed E-state index contributed by atoms with van der Waals surface area (Å²) in [7, 11) is 1.48. The molecule has 1 aromatic heterocycles. The van der Waals surface area contributed by atoms with Crippen LogP contribution in [0.3, 0.4) is 0 Å². The van der Waals surface area contributed by atoms with Gasteiger partial charge in [-0.3, -0.25) is 14.9 Å². The molecule has 0 amide bonds. The molecule has 2 aromatic rings. The van der Waals surface area contributed by atoms with E-state index in [0.717, 1.165) is 25.7 Å². The second-order valence-electron chi connectivity index (χ2n) is 6.84.